The zero-order chi connectivity index (χ0) is 17.3. The number of benzene rings is 1. The van der Waals surface area contributed by atoms with Crippen LogP contribution >= 0.6 is 15.9 Å². The minimum atomic E-state index is -0.906. The number of carboxylic acid groups (broad SMARTS) is 1. The Balaban J connectivity index is 1.83. The Morgan fingerprint density at radius 2 is 2.25 bits per heavy atom. The van der Waals surface area contributed by atoms with Gasteiger partial charge in [-0.3, -0.25) is 0 Å². The van der Waals surface area contributed by atoms with E-state index in [2.05, 4.69) is 34.7 Å². The number of nitrogens with zero attached hydrogens (tertiary/aromatic N) is 1. The third kappa shape index (κ3) is 3.60. The quantitative estimate of drug-likeness (QED) is 0.813. The second-order valence-corrected chi connectivity index (χ2v) is 7.63. The average Bonchev–Trinajstić information content (AvgIpc) is 2.93. The fourth-order valence-electron chi connectivity index (χ4n) is 3.46. The summed E-state index contributed by atoms with van der Waals surface area (Å²) in [6.07, 6.45) is 3.05. The second-order valence-electron chi connectivity index (χ2n) is 6.77. The number of ether oxygens (including phenoxy) is 2. The number of aromatic carboxylic acids is 1. The topological polar surface area (TPSA) is 59.0 Å². The highest BCUT2D eigenvalue weighted by molar-refractivity contribution is 9.10. The molecule has 0 bridgehead atoms. The van der Waals surface area contributed by atoms with Crippen LogP contribution in [0.15, 0.2) is 16.6 Å². The lowest BCUT2D eigenvalue weighted by Crippen LogP contribution is -2.31. The van der Waals surface area contributed by atoms with Crippen LogP contribution in [0.25, 0.3) is 0 Å². The molecule has 1 aromatic carbocycles. The third-order valence-electron chi connectivity index (χ3n) is 4.73. The maximum atomic E-state index is 11.4. The Labute approximate surface area is 151 Å². The van der Waals surface area contributed by atoms with Crippen molar-refractivity contribution in [2.24, 2.45) is 0 Å². The average molecular weight is 398 g/mol. The predicted molar refractivity (Wildman–Crippen MR) is 95.9 cm³/mol. The Kier molecular flexibility index (Phi) is 5.47. The number of carboxylic acids is 1. The summed E-state index contributed by atoms with van der Waals surface area (Å²) in [5, 5.41) is 9.35. The summed E-state index contributed by atoms with van der Waals surface area (Å²) >= 11 is 3.56. The minimum Gasteiger partial charge on any atom is -0.478 e. The summed E-state index contributed by atoms with van der Waals surface area (Å²) in [6.45, 7) is 6.44. The van der Waals surface area contributed by atoms with Crippen molar-refractivity contribution in [1.82, 2.24) is 0 Å². The van der Waals surface area contributed by atoms with Crippen LogP contribution in [0, 0.1) is 0 Å². The van der Waals surface area contributed by atoms with Gasteiger partial charge in [-0.15, -0.1) is 0 Å². The van der Waals surface area contributed by atoms with Crippen LogP contribution in [-0.2, 0) is 9.47 Å². The molecule has 24 heavy (non-hydrogen) atoms. The number of carbonyl (C=O) groups is 1. The Morgan fingerprint density at radius 3 is 2.88 bits per heavy atom. The fraction of sp³-hybridized carbons (Fsp3) is 0.611. The second kappa shape index (κ2) is 7.42. The number of hydrogen-bond acceptors (Lipinski definition) is 4. The van der Waals surface area contributed by atoms with Crippen molar-refractivity contribution >= 4 is 27.6 Å². The van der Waals surface area contributed by atoms with Gasteiger partial charge in [0.1, 0.15) is 0 Å². The van der Waals surface area contributed by atoms with Crippen LogP contribution < -0.4 is 4.90 Å². The van der Waals surface area contributed by atoms with Crippen LogP contribution in [0.4, 0.5) is 5.69 Å². The van der Waals surface area contributed by atoms with Crippen molar-refractivity contribution in [2.75, 3.05) is 24.7 Å². The lowest BCUT2D eigenvalue weighted by molar-refractivity contribution is -0.164. The Hall–Kier alpha value is -1.11. The highest BCUT2D eigenvalue weighted by atomic mass is 79.9. The number of fused-ring (bicyclic) bond motifs is 1. The highest BCUT2D eigenvalue weighted by Crippen LogP contribution is 2.43. The standard InChI is InChI=1S/C18H24BrNO4/c1-11(2)20-9-13(10-24-16-5-3-4-6-23-16)14-7-12(18(21)22)8-15(19)17(14)20/h7-8,11,13,16H,3-6,9-10H2,1-2H3,(H,21,22). The van der Waals surface area contributed by atoms with Gasteiger partial charge in [0.15, 0.2) is 6.29 Å². The molecule has 1 aromatic rings. The van der Waals surface area contributed by atoms with Gasteiger partial charge < -0.3 is 19.5 Å². The van der Waals surface area contributed by atoms with Crippen LogP contribution in [-0.4, -0.2) is 43.2 Å². The summed E-state index contributed by atoms with van der Waals surface area (Å²) in [4.78, 5) is 13.7. The van der Waals surface area contributed by atoms with Crippen molar-refractivity contribution in [3.05, 3.63) is 27.7 Å². The molecule has 0 aliphatic carbocycles. The summed E-state index contributed by atoms with van der Waals surface area (Å²) in [6, 6.07) is 3.82. The molecule has 5 nitrogen and oxygen atoms in total. The van der Waals surface area contributed by atoms with E-state index in [0.717, 1.165) is 48.1 Å². The zero-order valence-electron chi connectivity index (χ0n) is 14.1. The summed E-state index contributed by atoms with van der Waals surface area (Å²) < 4.78 is 12.5. The molecule has 0 spiro atoms. The SMILES string of the molecule is CC(C)N1CC(COC2CCCCO2)c2cc(C(=O)O)cc(Br)c21. The first-order chi connectivity index (χ1) is 11.5. The van der Waals surface area contributed by atoms with E-state index in [4.69, 9.17) is 9.47 Å². The van der Waals surface area contributed by atoms with Crippen molar-refractivity contribution in [3.8, 4) is 0 Å². The van der Waals surface area contributed by atoms with Crippen LogP contribution in [0.5, 0.6) is 0 Å². The van der Waals surface area contributed by atoms with Crippen molar-refractivity contribution in [1.29, 1.82) is 0 Å². The predicted octanol–water partition coefficient (Wildman–Crippen LogP) is 4.00. The molecule has 2 unspecified atom stereocenters. The number of rotatable bonds is 5. The molecule has 2 atom stereocenters. The van der Waals surface area contributed by atoms with Gasteiger partial charge in [0.2, 0.25) is 0 Å². The van der Waals surface area contributed by atoms with Gasteiger partial charge in [0.05, 0.1) is 17.9 Å². The molecule has 1 saturated heterocycles. The van der Waals surface area contributed by atoms with Gasteiger partial charge >= 0.3 is 5.97 Å². The van der Waals surface area contributed by atoms with Crippen molar-refractivity contribution in [3.63, 3.8) is 0 Å². The minimum absolute atomic E-state index is 0.124. The number of anilines is 1. The molecule has 0 saturated carbocycles. The van der Waals surface area contributed by atoms with Crippen LogP contribution in [0.2, 0.25) is 0 Å². The third-order valence-corrected chi connectivity index (χ3v) is 5.33. The molecular formula is C18H24BrNO4. The molecule has 132 valence electrons. The van der Waals surface area contributed by atoms with E-state index in [1.807, 2.05) is 0 Å². The largest absolute Gasteiger partial charge is 0.478 e. The molecule has 0 aromatic heterocycles. The first kappa shape index (κ1) is 17.7. The Morgan fingerprint density at radius 1 is 1.46 bits per heavy atom. The molecule has 0 amide bonds. The van der Waals surface area contributed by atoms with Gasteiger partial charge in [-0.1, -0.05) is 0 Å². The van der Waals surface area contributed by atoms with E-state index in [0.29, 0.717) is 18.2 Å². The van der Waals surface area contributed by atoms with Gasteiger partial charge in [0, 0.05) is 29.6 Å². The number of hydrogen-bond donors (Lipinski definition) is 1. The molecule has 1 fully saturated rings. The van der Waals surface area contributed by atoms with Crippen molar-refractivity contribution < 1.29 is 19.4 Å². The van der Waals surface area contributed by atoms with Crippen molar-refractivity contribution in [2.45, 2.75) is 51.4 Å². The van der Waals surface area contributed by atoms with E-state index >= 15 is 0 Å². The summed E-state index contributed by atoms with van der Waals surface area (Å²) in [7, 11) is 0. The van der Waals surface area contributed by atoms with Gasteiger partial charge in [-0.2, -0.15) is 0 Å². The van der Waals surface area contributed by atoms with E-state index in [1.54, 1.807) is 12.1 Å². The molecule has 1 N–H and O–H groups in total. The number of halogens is 1. The van der Waals surface area contributed by atoms with Crippen LogP contribution in [0.1, 0.15) is 54.9 Å². The Bertz CT molecular complexity index is 613. The van der Waals surface area contributed by atoms with Crippen LogP contribution in [0.3, 0.4) is 0 Å². The van der Waals surface area contributed by atoms with E-state index in [1.165, 1.54) is 0 Å². The molecule has 0 radical (unpaired) electrons. The van der Waals surface area contributed by atoms with Gasteiger partial charge in [-0.05, 0) is 66.7 Å². The molecule has 6 heteroatoms. The van der Waals surface area contributed by atoms with E-state index in [-0.39, 0.29) is 12.2 Å². The summed E-state index contributed by atoms with van der Waals surface area (Å²) in [5.74, 6) is -0.750. The molecule has 2 aliphatic heterocycles. The maximum Gasteiger partial charge on any atom is 0.335 e. The molecule has 2 heterocycles. The maximum absolute atomic E-state index is 11.4. The smallest absolute Gasteiger partial charge is 0.335 e. The van der Waals surface area contributed by atoms with E-state index < -0.39 is 5.97 Å². The zero-order valence-corrected chi connectivity index (χ0v) is 15.7. The molecule has 3 rings (SSSR count). The highest BCUT2D eigenvalue weighted by Gasteiger charge is 2.33. The first-order valence-electron chi connectivity index (χ1n) is 8.54. The lowest BCUT2D eigenvalue weighted by Gasteiger charge is -2.26. The lowest BCUT2D eigenvalue weighted by atomic mass is 10.00. The van der Waals surface area contributed by atoms with E-state index in [9.17, 15) is 9.90 Å². The molecule has 2 aliphatic rings. The first-order valence-corrected chi connectivity index (χ1v) is 9.33. The normalized spacial score (nSPS) is 23.6. The fourth-order valence-corrected chi connectivity index (χ4v) is 4.17. The summed E-state index contributed by atoms with van der Waals surface area (Å²) in [5.41, 5.74) is 2.45. The van der Waals surface area contributed by atoms with Gasteiger partial charge in [-0.25, -0.2) is 4.79 Å². The monoisotopic (exact) mass is 397 g/mol. The molecular weight excluding hydrogens is 374 g/mol. The van der Waals surface area contributed by atoms with Gasteiger partial charge in [0.25, 0.3) is 0 Å².